The Labute approximate surface area is 245 Å². The minimum absolute atomic E-state index is 0.178. The van der Waals surface area contributed by atoms with Crippen LogP contribution in [-0.2, 0) is 19.3 Å². The van der Waals surface area contributed by atoms with E-state index in [1.54, 1.807) is 20.3 Å². The predicted molar refractivity (Wildman–Crippen MR) is 166 cm³/mol. The third kappa shape index (κ3) is 6.75. The van der Waals surface area contributed by atoms with Crippen LogP contribution in [0.4, 0.5) is 5.69 Å². The van der Waals surface area contributed by atoms with E-state index < -0.39 is 0 Å². The number of likely N-dealkylation sites (N-methyl/N-ethyl adjacent to an activating group) is 1. The molecule has 0 aliphatic heterocycles. The number of phenols is 1. The second kappa shape index (κ2) is 13.1. The van der Waals surface area contributed by atoms with Crippen molar-refractivity contribution in [3.8, 4) is 23.0 Å². The molecule has 1 unspecified atom stereocenters. The van der Waals surface area contributed by atoms with Crippen LogP contribution in [0, 0.1) is 0 Å². The number of hydrogen-bond acceptors (Lipinski definition) is 6. The number of aromatic hydroxyl groups is 1. The molecule has 220 valence electrons. The SMILES string of the molecule is COc1cc(NCCCc2ccc(OCC3(N(C)C)CCCC3)cc2)c(C2CCc3cc(O)ccc3C2)cc1OC. The molecule has 0 amide bonds. The van der Waals surface area contributed by atoms with Crippen LogP contribution in [0.2, 0.25) is 0 Å². The maximum Gasteiger partial charge on any atom is 0.162 e. The van der Waals surface area contributed by atoms with Gasteiger partial charge in [-0.1, -0.05) is 31.0 Å². The topological polar surface area (TPSA) is 63.2 Å². The molecule has 0 radical (unpaired) electrons. The normalized spacial score (nSPS) is 17.7. The van der Waals surface area contributed by atoms with Gasteiger partial charge in [0.1, 0.15) is 18.1 Å². The van der Waals surface area contributed by atoms with Crippen LogP contribution in [0.5, 0.6) is 23.0 Å². The van der Waals surface area contributed by atoms with E-state index >= 15 is 0 Å². The number of methoxy groups -OCH3 is 2. The van der Waals surface area contributed by atoms with Crippen molar-refractivity contribution in [1.82, 2.24) is 4.90 Å². The number of ether oxygens (including phenoxy) is 3. The predicted octanol–water partition coefficient (Wildman–Crippen LogP) is 6.98. The number of rotatable bonds is 12. The van der Waals surface area contributed by atoms with E-state index in [2.05, 4.69) is 66.8 Å². The van der Waals surface area contributed by atoms with Gasteiger partial charge in [-0.3, -0.25) is 0 Å². The van der Waals surface area contributed by atoms with Crippen molar-refractivity contribution in [2.24, 2.45) is 0 Å². The van der Waals surface area contributed by atoms with Gasteiger partial charge < -0.3 is 29.5 Å². The third-order valence-corrected chi connectivity index (χ3v) is 9.29. The molecule has 2 aliphatic carbocycles. The molecule has 3 aromatic carbocycles. The number of nitrogens with zero attached hydrogens (tertiary/aromatic N) is 1. The number of anilines is 1. The van der Waals surface area contributed by atoms with Gasteiger partial charge in [-0.25, -0.2) is 0 Å². The highest BCUT2D eigenvalue weighted by molar-refractivity contribution is 5.62. The molecule has 0 heterocycles. The third-order valence-electron chi connectivity index (χ3n) is 9.29. The maximum absolute atomic E-state index is 9.90. The van der Waals surface area contributed by atoms with Gasteiger partial charge in [0.05, 0.1) is 19.8 Å². The van der Waals surface area contributed by atoms with Crippen molar-refractivity contribution >= 4 is 5.69 Å². The van der Waals surface area contributed by atoms with Crippen molar-refractivity contribution in [3.05, 3.63) is 76.9 Å². The highest BCUT2D eigenvalue weighted by Gasteiger charge is 2.36. The van der Waals surface area contributed by atoms with Gasteiger partial charge in [-0.15, -0.1) is 0 Å². The number of fused-ring (bicyclic) bond motifs is 1. The Morgan fingerprint density at radius 3 is 2.37 bits per heavy atom. The quantitative estimate of drug-likeness (QED) is 0.234. The Kier molecular flexibility index (Phi) is 9.29. The zero-order chi connectivity index (χ0) is 28.8. The summed E-state index contributed by atoms with van der Waals surface area (Å²) in [4.78, 5) is 2.35. The van der Waals surface area contributed by atoms with Crippen LogP contribution in [0.25, 0.3) is 0 Å². The summed E-state index contributed by atoms with van der Waals surface area (Å²) in [5.74, 6) is 3.18. The minimum atomic E-state index is 0.178. The van der Waals surface area contributed by atoms with E-state index in [0.717, 1.165) is 68.2 Å². The fourth-order valence-corrected chi connectivity index (χ4v) is 6.63. The van der Waals surface area contributed by atoms with Crippen molar-refractivity contribution in [1.29, 1.82) is 0 Å². The highest BCUT2D eigenvalue weighted by Crippen LogP contribution is 2.42. The molecule has 1 saturated carbocycles. The van der Waals surface area contributed by atoms with Gasteiger partial charge in [0.25, 0.3) is 0 Å². The first-order valence-electron chi connectivity index (χ1n) is 15.1. The highest BCUT2D eigenvalue weighted by atomic mass is 16.5. The summed E-state index contributed by atoms with van der Waals surface area (Å²) < 4.78 is 17.5. The van der Waals surface area contributed by atoms with Gasteiger partial charge >= 0.3 is 0 Å². The molecular weight excluding hydrogens is 512 g/mol. The largest absolute Gasteiger partial charge is 0.508 e. The summed E-state index contributed by atoms with van der Waals surface area (Å²) >= 11 is 0. The fourth-order valence-electron chi connectivity index (χ4n) is 6.63. The fraction of sp³-hybridized carbons (Fsp3) is 0.486. The lowest BCUT2D eigenvalue weighted by atomic mass is 9.79. The molecule has 2 aliphatic rings. The van der Waals surface area contributed by atoms with E-state index in [-0.39, 0.29) is 5.54 Å². The van der Waals surface area contributed by atoms with Crippen LogP contribution in [0.15, 0.2) is 54.6 Å². The summed E-state index contributed by atoms with van der Waals surface area (Å²) in [6.45, 7) is 1.62. The average molecular weight is 559 g/mol. The van der Waals surface area contributed by atoms with Gasteiger partial charge in [0.15, 0.2) is 11.5 Å². The van der Waals surface area contributed by atoms with E-state index in [4.69, 9.17) is 14.2 Å². The molecule has 1 fully saturated rings. The van der Waals surface area contributed by atoms with Gasteiger partial charge in [0, 0.05) is 18.3 Å². The molecule has 6 nitrogen and oxygen atoms in total. The second-order valence-electron chi connectivity index (χ2n) is 12.0. The van der Waals surface area contributed by atoms with Crippen LogP contribution < -0.4 is 19.5 Å². The number of aryl methyl sites for hydroxylation is 2. The van der Waals surface area contributed by atoms with Crippen molar-refractivity contribution in [2.45, 2.75) is 69.2 Å². The number of phenolic OH excluding ortho intramolecular Hbond substituents is 1. The van der Waals surface area contributed by atoms with Crippen molar-refractivity contribution in [3.63, 3.8) is 0 Å². The molecule has 0 bridgehead atoms. The Hall–Kier alpha value is -3.38. The molecule has 0 spiro atoms. The van der Waals surface area contributed by atoms with Crippen LogP contribution in [0.3, 0.4) is 0 Å². The Balaban J connectivity index is 1.19. The van der Waals surface area contributed by atoms with E-state index in [1.165, 1.54) is 47.9 Å². The Morgan fingerprint density at radius 1 is 0.927 bits per heavy atom. The summed E-state index contributed by atoms with van der Waals surface area (Å²) in [6.07, 6.45) is 9.96. The standard InChI is InChI=1S/C35H46N2O4/c1-37(2)35(17-5-6-18-35)24-41-30-15-9-25(10-16-30)8-7-19-36-32-23-34(40-4)33(39-3)22-31(32)28-12-11-27-21-29(38)14-13-26(27)20-28/h9-10,13-16,21-23,28,36,38H,5-8,11-12,17-20,24H2,1-4H3. The average Bonchev–Trinajstić information content (AvgIpc) is 3.49. The van der Waals surface area contributed by atoms with Gasteiger partial charge in [-0.2, -0.15) is 0 Å². The van der Waals surface area contributed by atoms with Crippen LogP contribution >= 0.6 is 0 Å². The van der Waals surface area contributed by atoms with Crippen LogP contribution in [-0.4, -0.2) is 57.0 Å². The van der Waals surface area contributed by atoms with Crippen molar-refractivity contribution < 1.29 is 19.3 Å². The van der Waals surface area contributed by atoms with E-state index in [0.29, 0.717) is 11.7 Å². The zero-order valence-corrected chi connectivity index (χ0v) is 25.2. The van der Waals surface area contributed by atoms with Crippen LogP contribution in [0.1, 0.15) is 66.7 Å². The number of benzene rings is 3. The molecule has 2 N–H and O–H groups in total. The molecule has 5 rings (SSSR count). The lowest BCUT2D eigenvalue weighted by molar-refractivity contribution is 0.0865. The second-order valence-corrected chi connectivity index (χ2v) is 12.0. The zero-order valence-electron chi connectivity index (χ0n) is 25.2. The van der Waals surface area contributed by atoms with Gasteiger partial charge in [0.2, 0.25) is 0 Å². The van der Waals surface area contributed by atoms with Gasteiger partial charge in [-0.05, 0) is 118 Å². The number of nitrogens with one attached hydrogen (secondary N) is 1. The first-order valence-corrected chi connectivity index (χ1v) is 15.1. The summed E-state index contributed by atoms with van der Waals surface area (Å²) in [7, 11) is 7.74. The Bertz CT molecular complexity index is 1300. The molecule has 41 heavy (non-hydrogen) atoms. The summed E-state index contributed by atoms with van der Waals surface area (Å²) in [5.41, 5.74) is 6.44. The minimum Gasteiger partial charge on any atom is -0.508 e. The molecule has 3 aromatic rings. The molecule has 0 aromatic heterocycles. The first-order chi connectivity index (χ1) is 19.9. The maximum atomic E-state index is 9.90. The lowest BCUT2D eigenvalue weighted by Crippen LogP contribution is -2.46. The van der Waals surface area contributed by atoms with E-state index in [1.807, 2.05) is 6.07 Å². The summed E-state index contributed by atoms with van der Waals surface area (Å²) in [5, 5.41) is 13.6. The first kappa shape index (κ1) is 29.1. The monoisotopic (exact) mass is 558 g/mol. The Morgan fingerprint density at radius 2 is 1.66 bits per heavy atom. The molecular formula is C35H46N2O4. The summed E-state index contributed by atoms with van der Waals surface area (Å²) in [6, 6.07) is 18.6. The van der Waals surface area contributed by atoms with E-state index in [9.17, 15) is 5.11 Å². The smallest absolute Gasteiger partial charge is 0.162 e. The number of hydrogen-bond donors (Lipinski definition) is 2. The molecule has 1 atom stereocenters. The molecule has 6 heteroatoms. The van der Waals surface area contributed by atoms with Crippen molar-refractivity contribution in [2.75, 3.05) is 46.8 Å². The lowest BCUT2D eigenvalue weighted by Gasteiger charge is -2.36. The molecule has 0 saturated heterocycles.